The van der Waals surface area contributed by atoms with Gasteiger partial charge in [-0.15, -0.1) is 11.8 Å². The van der Waals surface area contributed by atoms with Gasteiger partial charge in [-0.2, -0.15) is 5.26 Å². The number of esters is 1. The van der Waals surface area contributed by atoms with Crippen molar-refractivity contribution in [3.63, 3.8) is 0 Å². The van der Waals surface area contributed by atoms with Crippen LogP contribution in [0.4, 0.5) is 5.69 Å². The van der Waals surface area contributed by atoms with Gasteiger partial charge in [0.05, 0.1) is 23.4 Å². The number of ether oxygens (including phenoxy) is 1. The Kier molecular flexibility index (Phi) is 6.50. The van der Waals surface area contributed by atoms with Crippen molar-refractivity contribution >= 4 is 35.2 Å². The highest BCUT2D eigenvalue weighted by Crippen LogP contribution is 2.36. The van der Waals surface area contributed by atoms with E-state index in [9.17, 15) is 19.6 Å². The molecule has 2 rings (SSSR count). The molecule has 1 aliphatic rings. The molecule has 0 aliphatic carbocycles. The van der Waals surface area contributed by atoms with Crippen LogP contribution in [0.25, 0.3) is 0 Å². The van der Waals surface area contributed by atoms with Crippen molar-refractivity contribution < 1.29 is 19.1 Å². The lowest BCUT2D eigenvalue weighted by molar-refractivity contribution is -0.155. The molecule has 1 aromatic carbocycles. The molecule has 27 heavy (non-hydrogen) atoms. The van der Waals surface area contributed by atoms with Crippen molar-refractivity contribution in [2.75, 3.05) is 5.32 Å². The third kappa shape index (κ3) is 5.01. The van der Waals surface area contributed by atoms with Crippen molar-refractivity contribution in [1.82, 2.24) is 5.32 Å². The largest absolute Gasteiger partial charge is 0.453 e. The molecule has 0 saturated carbocycles. The molecule has 7 nitrogen and oxygen atoms in total. The molecule has 1 heterocycles. The van der Waals surface area contributed by atoms with Gasteiger partial charge >= 0.3 is 5.97 Å². The number of carbonyl (C=O) groups excluding carboxylic acids is 3. The number of thioether (sulfide) groups is 1. The van der Waals surface area contributed by atoms with Gasteiger partial charge in [0, 0.05) is 4.90 Å². The molecular formula is C19H23N3O4S. The molecule has 0 spiro atoms. The lowest BCUT2D eigenvalue weighted by Gasteiger charge is -2.28. The fourth-order valence-electron chi connectivity index (χ4n) is 2.34. The number of carbonyl (C=O) groups is 3. The zero-order valence-corrected chi connectivity index (χ0v) is 16.6. The topological polar surface area (TPSA) is 108 Å². The molecular weight excluding hydrogens is 366 g/mol. The molecule has 3 atom stereocenters. The highest BCUT2D eigenvalue weighted by Gasteiger charge is 2.34. The standard InChI is InChI=1S/C19H23N3O4S/c1-11(2)19(4,10-20)22-17(24)12(3)26-16(23)9-15-18(25)21-13-7-5-6-8-14(13)27-15/h5-8,11-12,15H,9H2,1-4H3,(H,21,25)(H,22,24)/t12-,15+,19+/m0/s1. The van der Waals surface area contributed by atoms with E-state index in [1.165, 1.54) is 18.7 Å². The smallest absolute Gasteiger partial charge is 0.308 e. The highest BCUT2D eigenvalue weighted by molar-refractivity contribution is 8.01. The Morgan fingerprint density at radius 2 is 2.04 bits per heavy atom. The number of amides is 2. The number of hydrogen-bond acceptors (Lipinski definition) is 6. The summed E-state index contributed by atoms with van der Waals surface area (Å²) in [4.78, 5) is 37.5. The van der Waals surface area contributed by atoms with Gasteiger partial charge in [0.15, 0.2) is 6.10 Å². The van der Waals surface area contributed by atoms with E-state index in [1.54, 1.807) is 13.0 Å². The fourth-order valence-corrected chi connectivity index (χ4v) is 3.43. The van der Waals surface area contributed by atoms with Crippen LogP contribution in [0.5, 0.6) is 0 Å². The van der Waals surface area contributed by atoms with Crippen molar-refractivity contribution in [3.8, 4) is 6.07 Å². The minimum atomic E-state index is -1.06. The number of fused-ring (bicyclic) bond motifs is 1. The summed E-state index contributed by atoms with van der Waals surface area (Å²) in [7, 11) is 0. The van der Waals surface area contributed by atoms with Crippen molar-refractivity contribution in [1.29, 1.82) is 5.26 Å². The summed E-state index contributed by atoms with van der Waals surface area (Å²) in [6.45, 7) is 6.69. The Balaban J connectivity index is 1.93. The van der Waals surface area contributed by atoms with Crippen molar-refractivity contribution in [2.45, 2.75) is 55.9 Å². The number of nitriles is 1. The van der Waals surface area contributed by atoms with Crippen LogP contribution in [0.15, 0.2) is 29.2 Å². The van der Waals surface area contributed by atoms with E-state index in [4.69, 9.17) is 4.74 Å². The van der Waals surface area contributed by atoms with E-state index in [0.717, 1.165) is 4.90 Å². The van der Waals surface area contributed by atoms with Gasteiger partial charge < -0.3 is 15.4 Å². The zero-order chi connectivity index (χ0) is 20.2. The third-order valence-electron chi connectivity index (χ3n) is 4.51. The maximum atomic E-state index is 12.3. The molecule has 0 saturated heterocycles. The van der Waals surface area contributed by atoms with E-state index < -0.39 is 28.8 Å². The van der Waals surface area contributed by atoms with E-state index in [1.807, 2.05) is 32.0 Å². The number of anilines is 1. The number of hydrogen-bond donors (Lipinski definition) is 2. The van der Waals surface area contributed by atoms with Gasteiger partial charge in [-0.25, -0.2) is 0 Å². The van der Waals surface area contributed by atoms with Gasteiger partial charge in [-0.1, -0.05) is 26.0 Å². The Morgan fingerprint density at radius 1 is 1.37 bits per heavy atom. The third-order valence-corrected chi connectivity index (χ3v) is 5.78. The Hall–Kier alpha value is -2.53. The predicted molar refractivity (Wildman–Crippen MR) is 102 cm³/mol. The molecule has 0 bridgehead atoms. The Morgan fingerprint density at radius 3 is 2.67 bits per heavy atom. The molecule has 0 unspecified atom stereocenters. The first-order chi connectivity index (χ1) is 12.7. The van der Waals surface area contributed by atoms with Crippen LogP contribution in [-0.2, 0) is 19.1 Å². The number of benzene rings is 1. The van der Waals surface area contributed by atoms with Gasteiger partial charge in [-0.05, 0) is 31.9 Å². The molecule has 2 amide bonds. The number of rotatable bonds is 6. The quantitative estimate of drug-likeness (QED) is 0.724. The molecule has 0 radical (unpaired) electrons. The van der Waals surface area contributed by atoms with E-state index in [0.29, 0.717) is 5.69 Å². The second kappa shape index (κ2) is 8.44. The van der Waals surface area contributed by atoms with Gasteiger partial charge in [0.1, 0.15) is 5.54 Å². The summed E-state index contributed by atoms with van der Waals surface area (Å²) >= 11 is 1.29. The maximum Gasteiger partial charge on any atom is 0.308 e. The van der Waals surface area contributed by atoms with Crippen LogP contribution in [0.3, 0.4) is 0 Å². The molecule has 0 fully saturated rings. The maximum absolute atomic E-state index is 12.3. The predicted octanol–water partition coefficient (Wildman–Crippen LogP) is 2.48. The minimum Gasteiger partial charge on any atom is -0.453 e. The summed E-state index contributed by atoms with van der Waals surface area (Å²) in [6.07, 6.45) is -1.21. The number of para-hydroxylation sites is 1. The molecule has 144 valence electrons. The first kappa shape index (κ1) is 20.8. The van der Waals surface area contributed by atoms with E-state index >= 15 is 0 Å². The summed E-state index contributed by atoms with van der Waals surface area (Å²) in [5, 5.41) is 14.0. The van der Waals surface area contributed by atoms with Gasteiger partial charge in [0.25, 0.3) is 5.91 Å². The second-order valence-corrected chi connectivity index (χ2v) is 8.13. The Labute approximate surface area is 162 Å². The SMILES string of the molecule is CC(C)[C@@](C)(C#N)NC(=O)[C@H](C)OC(=O)C[C@H]1Sc2ccccc2NC1=O. The molecule has 8 heteroatoms. The molecule has 2 N–H and O–H groups in total. The van der Waals surface area contributed by atoms with Crippen LogP contribution >= 0.6 is 11.8 Å². The highest BCUT2D eigenvalue weighted by atomic mass is 32.2. The van der Waals surface area contributed by atoms with E-state index in [2.05, 4.69) is 16.7 Å². The zero-order valence-electron chi connectivity index (χ0n) is 15.7. The lowest BCUT2D eigenvalue weighted by Crippen LogP contribution is -2.52. The summed E-state index contributed by atoms with van der Waals surface area (Å²) in [5.74, 6) is -1.58. The van der Waals surface area contributed by atoms with Crippen molar-refractivity contribution in [2.24, 2.45) is 5.92 Å². The average Bonchev–Trinajstić information content (AvgIpc) is 2.61. The minimum absolute atomic E-state index is 0.114. The van der Waals surface area contributed by atoms with Crippen LogP contribution in [0.1, 0.15) is 34.1 Å². The first-order valence-corrected chi connectivity index (χ1v) is 9.53. The van der Waals surface area contributed by atoms with Gasteiger partial charge in [0.2, 0.25) is 5.91 Å². The monoisotopic (exact) mass is 389 g/mol. The molecule has 0 aromatic heterocycles. The second-order valence-electron chi connectivity index (χ2n) is 6.89. The summed E-state index contributed by atoms with van der Waals surface area (Å²) in [6, 6.07) is 9.40. The number of nitrogens with zero attached hydrogens (tertiary/aromatic N) is 1. The van der Waals surface area contributed by atoms with Crippen molar-refractivity contribution in [3.05, 3.63) is 24.3 Å². The Bertz CT molecular complexity index is 789. The number of nitrogens with one attached hydrogen (secondary N) is 2. The van der Waals surface area contributed by atoms with Crippen LogP contribution in [-0.4, -0.2) is 34.7 Å². The fraction of sp³-hybridized carbons (Fsp3) is 0.474. The summed E-state index contributed by atoms with van der Waals surface area (Å²) in [5.41, 5.74) is -0.338. The molecule has 1 aromatic rings. The molecule has 1 aliphatic heterocycles. The van der Waals surface area contributed by atoms with Crippen LogP contribution < -0.4 is 10.6 Å². The lowest BCUT2D eigenvalue weighted by atomic mass is 9.90. The first-order valence-electron chi connectivity index (χ1n) is 8.65. The normalized spacial score (nSPS) is 19.1. The average molecular weight is 389 g/mol. The van der Waals surface area contributed by atoms with E-state index in [-0.39, 0.29) is 18.2 Å². The van der Waals surface area contributed by atoms with Gasteiger partial charge in [-0.3, -0.25) is 14.4 Å². The summed E-state index contributed by atoms with van der Waals surface area (Å²) < 4.78 is 5.17. The van der Waals surface area contributed by atoms with Crippen LogP contribution in [0.2, 0.25) is 0 Å². The van der Waals surface area contributed by atoms with Crippen LogP contribution in [0, 0.1) is 17.2 Å².